The molecule has 0 aliphatic heterocycles. The molecule has 0 fully saturated rings. The predicted molar refractivity (Wildman–Crippen MR) is 82.1 cm³/mol. The first-order valence-electron chi connectivity index (χ1n) is 5.66. The number of hydrogen-bond acceptors (Lipinski definition) is 3. The lowest BCUT2D eigenvalue weighted by Gasteiger charge is -2.16. The average molecular weight is 282 g/mol. The van der Waals surface area contributed by atoms with E-state index in [2.05, 4.69) is 0 Å². The summed E-state index contributed by atoms with van der Waals surface area (Å²) in [6.45, 7) is 0.783. The minimum Gasteiger partial charge on any atom is -0.389 e. The zero-order valence-electron chi connectivity index (χ0n) is 10.7. The maximum absolute atomic E-state index is 11.9. The van der Waals surface area contributed by atoms with Crippen LogP contribution in [-0.2, 0) is 11.2 Å². The van der Waals surface area contributed by atoms with E-state index in [1.165, 1.54) is 0 Å². The molecule has 0 radical (unpaired) electrons. The summed E-state index contributed by atoms with van der Waals surface area (Å²) in [4.78, 5) is 14.0. The van der Waals surface area contributed by atoms with Crippen molar-refractivity contribution >= 4 is 34.9 Å². The highest BCUT2D eigenvalue weighted by atomic mass is 32.2. The molecule has 3 nitrogen and oxygen atoms in total. The Kier molecular flexibility index (Phi) is 6.15. The fraction of sp³-hybridized carbons (Fsp3) is 0.385. The largest absolute Gasteiger partial charge is 0.389 e. The normalized spacial score (nSPS) is 10.1. The minimum absolute atomic E-state index is 0.132. The molecule has 0 bridgehead atoms. The quantitative estimate of drug-likeness (QED) is 0.807. The average Bonchev–Trinajstić information content (AvgIpc) is 2.36. The molecule has 2 N–H and O–H groups in total. The van der Waals surface area contributed by atoms with Gasteiger partial charge in [0.1, 0.15) is 4.99 Å². The van der Waals surface area contributed by atoms with E-state index in [-0.39, 0.29) is 5.91 Å². The van der Waals surface area contributed by atoms with Crippen molar-refractivity contribution in [1.82, 2.24) is 4.90 Å². The first-order valence-corrected chi connectivity index (χ1v) is 7.46. The molecule has 0 aliphatic carbocycles. The Morgan fingerprint density at radius 3 is 2.50 bits per heavy atom. The molecule has 5 heteroatoms. The van der Waals surface area contributed by atoms with Crippen LogP contribution in [0.5, 0.6) is 0 Å². The molecule has 0 atom stereocenters. The number of carbonyl (C=O) groups excluding carboxylic acids is 1. The van der Waals surface area contributed by atoms with Crippen molar-refractivity contribution in [2.45, 2.75) is 6.42 Å². The number of carbonyl (C=O) groups is 1. The van der Waals surface area contributed by atoms with E-state index in [4.69, 9.17) is 18.0 Å². The number of rotatable bonds is 6. The molecule has 1 aromatic rings. The smallest absolute Gasteiger partial charge is 0.226 e. The zero-order chi connectivity index (χ0) is 13.5. The lowest BCUT2D eigenvalue weighted by molar-refractivity contribution is -0.128. The number of thioether (sulfide) groups is 1. The van der Waals surface area contributed by atoms with E-state index in [1.54, 1.807) is 16.7 Å². The highest BCUT2D eigenvalue weighted by Gasteiger charge is 2.09. The van der Waals surface area contributed by atoms with Gasteiger partial charge in [0.2, 0.25) is 5.91 Å². The molecular formula is C13H18N2OS2. The van der Waals surface area contributed by atoms with Gasteiger partial charge in [-0.2, -0.15) is 11.8 Å². The van der Waals surface area contributed by atoms with E-state index >= 15 is 0 Å². The van der Waals surface area contributed by atoms with E-state index in [0.717, 1.165) is 23.4 Å². The molecule has 18 heavy (non-hydrogen) atoms. The molecule has 0 heterocycles. The molecule has 1 aromatic carbocycles. The summed E-state index contributed by atoms with van der Waals surface area (Å²) >= 11 is 6.62. The maximum atomic E-state index is 11.9. The molecule has 0 aliphatic rings. The van der Waals surface area contributed by atoms with Gasteiger partial charge in [-0.1, -0.05) is 36.5 Å². The number of likely N-dealkylation sites (N-methyl/N-ethyl adjacent to an activating group) is 1. The molecule has 1 rings (SSSR count). The van der Waals surface area contributed by atoms with Crippen molar-refractivity contribution in [3.63, 3.8) is 0 Å². The third-order valence-corrected chi connectivity index (χ3v) is 3.48. The number of benzene rings is 1. The van der Waals surface area contributed by atoms with Crippen molar-refractivity contribution in [3.8, 4) is 0 Å². The summed E-state index contributed by atoms with van der Waals surface area (Å²) in [7, 11) is 1.84. The van der Waals surface area contributed by atoms with Crippen LogP contribution >= 0.6 is 24.0 Å². The number of nitrogens with zero attached hydrogens (tertiary/aromatic N) is 1. The molecule has 0 spiro atoms. The second kappa shape index (κ2) is 7.38. The van der Waals surface area contributed by atoms with Crippen LogP contribution in [0.1, 0.15) is 11.1 Å². The van der Waals surface area contributed by atoms with E-state index in [0.29, 0.717) is 11.4 Å². The maximum Gasteiger partial charge on any atom is 0.226 e. The Labute approximate surface area is 118 Å². The van der Waals surface area contributed by atoms with Crippen LogP contribution < -0.4 is 5.73 Å². The fourth-order valence-corrected chi connectivity index (χ4v) is 2.04. The Morgan fingerprint density at radius 2 is 2.00 bits per heavy atom. The third-order valence-electron chi connectivity index (χ3n) is 2.65. The van der Waals surface area contributed by atoms with Crippen LogP contribution in [-0.4, -0.2) is 41.4 Å². The molecule has 0 saturated heterocycles. The Balaban J connectivity index is 2.56. The van der Waals surface area contributed by atoms with Crippen LogP contribution in [0.3, 0.4) is 0 Å². The van der Waals surface area contributed by atoms with Gasteiger partial charge in [-0.3, -0.25) is 4.79 Å². The third kappa shape index (κ3) is 4.66. The molecular weight excluding hydrogens is 264 g/mol. The molecule has 98 valence electrons. The van der Waals surface area contributed by atoms with Gasteiger partial charge in [0, 0.05) is 24.9 Å². The van der Waals surface area contributed by atoms with Crippen molar-refractivity contribution in [2.75, 3.05) is 25.6 Å². The van der Waals surface area contributed by atoms with Gasteiger partial charge < -0.3 is 10.6 Å². The van der Waals surface area contributed by atoms with Gasteiger partial charge in [-0.15, -0.1) is 0 Å². The van der Waals surface area contributed by atoms with Crippen LogP contribution in [0.15, 0.2) is 24.3 Å². The first kappa shape index (κ1) is 15.0. The second-order valence-electron chi connectivity index (χ2n) is 4.05. The van der Waals surface area contributed by atoms with Gasteiger partial charge in [0.15, 0.2) is 0 Å². The molecule has 0 unspecified atom stereocenters. The summed E-state index contributed by atoms with van der Waals surface area (Å²) in [5.74, 6) is 1.09. The summed E-state index contributed by atoms with van der Waals surface area (Å²) < 4.78 is 0. The van der Waals surface area contributed by atoms with Crippen molar-refractivity contribution in [1.29, 1.82) is 0 Å². The van der Waals surface area contributed by atoms with Gasteiger partial charge in [0.25, 0.3) is 0 Å². The number of amides is 1. The van der Waals surface area contributed by atoms with Crippen LogP contribution in [0, 0.1) is 0 Å². The van der Waals surface area contributed by atoms with Gasteiger partial charge >= 0.3 is 0 Å². The van der Waals surface area contributed by atoms with Crippen LogP contribution in [0.25, 0.3) is 0 Å². The number of hydrogen-bond donors (Lipinski definition) is 1. The van der Waals surface area contributed by atoms with Crippen molar-refractivity contribution in [3.05, 3.63) is 35.4 Å². The molecule has 0 saturated carbocycles. The standard InChI is InChI=1S/C13H18N2OS2/c1-15(7-8-18-2)12(16)9-10-3-5-11(6-4-10)13(14)17/h3-6H,7-9H2,1-2H3,(H2,14,17). The van der Waals surface area contributed by atoms with Crippen molar-refractivity contribution < 1.29 is 4.79 Å². The topological polar surface area (TPSA) is 46.3 Å². The van der Waals surface area contributed by atoms with Gasteiger partial charge in [0.05, 0.1) is 6.42 Å². The predicted octanol–water partition coefficient (Wildman–Crippen LogP) is 1.68. The van der Waals surface area contributed by atoms with Crippen LogP contribution in [0.4, 0.5) is 0 Å². The molecule has 0 aromatic heterocycles. The number of thiocarbonyl (C=S) groups is 1. The van der Waals surface area contributed by atoms with Crippen molar-refractivity contribution in [2.24, 2.45) is 5.73 Å². The van der Waals surface area contributed by atoms with E-state index < -0.39 is 0 Å². The first-order chi connectivity index (χ1) is 8.54. The second-order valence-corrected chi connectivity index (χ2v) is 5.47. The number of nitrogens with two attached hydrogens (primary N) is 1. The zero-order valence-corrected chi connectivity index (χ0v) is 12.3. The summed E-state index contributed by atoms with van der Waals surface area (Å²) in [5, 5.41) is 0. The van der Waals surface area contributed by atoms with Gasteiger partial charge in [-0.25, -0.2) is 0 Å². The highest BCUT2D eigenvalue weighted by molar-refractivity contribution is 7.98. The summed E-state index contributed by atoms with van der Waals surface area (Å²) in [6, 6.07) is 7.50. The van der Waals surface area contributed by atoms with Gasteiger partial charge in [-0.05, 0) is 11.8 Å². The van der Waals surface area contributed by atoms with Crippen LogP contribution in [0.2, 0.25) is 0 Å². The SMILES string of the molecule is CSCCN(C)C(=O)Cc1ccc(C(N)=S)cc1. The van der Waals surface area contributed by atoms with E-state index in [9.17, 15) is 4.79 Å². The Hall–Kier alpha value is -1.07. The van der Waals surface area contributed by atoms with E-state index in [1.807, 2.05) is 37.6 Å². The Bertz CT molecular complexity index is 418. The lowest BCUT2D eigenvalue weighted by Crippen LogP contribution is -2.30. The lowest BCUT2D eigenvalue weighted by atomic mass is 10.1. The summed E-state index contributed by atoms with van der Waals surface area (Å²) in [5.41, 5.74) is 7.34. The highest BCUT2D eigenvalue weighted by Crippen LogP contribution is 2.07. The Morgan fingerprint density at radius 1 is 1.39 bits per heavy atom. The fourth-order valence-electron chi connectivity index (χ4n) is 1.45. The summed E-state index contributed by atoms with van der Waals surface area (Å²) in [6.07, 6.45) is 2.45. The minimum atomic E-state index is 0.132. The monoisotopic (exact) mass is 282 g/mol. The molecule has 1 amide bonds.